The molecule has 0 saturated carbocycles. The molecule has 1 aromatic rings. The predicted molar refractivity (Wildman–Crippen MR) is 80.4 cm³/mol. The van der Waals surface area contributed by atoms with Gasteiger partial charge in [-0.25, -0.2) is 0 Å². The summed E-state index contributed by atoms with van der Waals surface area (Å²) in [4.78, 5) is 25.2. The molecule has 0 unspecified atom stereocenters. The minimum absolute atomic E-state index is 0.0113. The molecular formula is C16H19NO5. The molecule has 0 aromatic heterocycles. The first-order valence-electron chi connectivity index (χ1n) is 7.01. The zero-order chi connectivity index (χ0) is 16.3. The van der Waals surface area contributed by atoms with Crippen molar-refractivity contribution in [2.75, 3.05) is 20.3 Å². The van der Waals surface area contributed by atoms with Crippen LogP contribution in [-0.4, -0.2) is 48.2 Å². The zero-order valence-electron chi connectivity index (χ0n) is 12.8. The van der Waals surface area contributed by atoms with Crippen molar-refractivity contribution in [1.29, 1.82) is 0 Å². The van der Waals surface area contributed by atoms with Crippen LogP contribution in [0.2, 0.25) is 0 Å². The maximum atomic E-state index is 12.3. The molecule has 0 radical (unpaired) electrons. The molecule has 0 spiro atoms. The van der Waals surface area contributed by atoms with Gasteiger partial charge < -0.3 is 14.6 Å². The number of aliphatic hydroxyl groups is 1. The summed E-state index contributed by atoms with van der Waals surface area (Å²) < 4.78 is 10.4. The van der Waals surface area contributed by atoms with Crippen LogP contribution in [0.5, 0.6) is 5.75 Å². The second-order valence-electron chi connectivity index (χ2n) is 5.17. The van der Waals surface area contributed by atoms with Crippen LogP contribution in [0.4, 0.5) is 0 Å². The molecule has 6 nitrogen and oxygen atoms in total. The Morgan fingerprint density at radius 2 is 1.77 bits per heavy atom. The van der Waals surface area contributed by atoms with Gasteiger partial charge in [-0.2, -0.15) is 0 Å². The number of carbonyl (C=O) groups excluding carboxylic acids is 2. The molecule has 1 heterocycles. The molecule has 2 rings (SSSR count). The zero-order valence-corrected chi connectivity index (χ0v) is 12.8. The van der Waals surface area contributed by atoms with Crippen LogP contribution in [0, 0.1) is 0 Å². The Hall–Kier alpha value is -2.34. The highest BCUT2D eigenvalue weighted by Crippen LogP contribution is 2.29. The fourth-order valence-electron chi connectivity index (χ4n) is 2.18. The van der Waals surface area contributed by atoms with E-state index < -0.39 is 17.6 Å². The van der Waals surface area contributed by atoms with Gasteiger partial charge in [0.05, 0.1) is 24.8 Å². The van der Waals surface area contributed by atoms with Gasteiger partial charge >= 0.3 is 0 Å². The smallest absolute Gasteiger partial charge is 0.296 e. The molecule has 0 saturated heterocycles. The van der Waals surface area contributed by atoms with Crippen molar-refractivity contribution in [3.05, 3.63) is 35.6 Å². The summed E-state index contributed by atoms with van der Waals surface area (Å²) in [7, 11) is 1.48. The van der Waals surface area contributed by atoms with Gasteiger partial charge in [0.2, 0.25) is 0 Å². The average Bonchev–Trinajstić information content (AvgIpc) is 2.68. The van der Waals surface area contributed by atoms with Crippen LogP contribution < -0.4 is 4.74 Å². The molecule has 1 N–H and O–H groups in total. The summed E-state index contributed by atoms with van der Waals surface area (Å²) in [5.41, 5.74) is 0.490. The molecule has 0 bridgehead atoms. The van der Waals surface area contributed by atoms with Crippen molar-refractivity contribution < 1.29 is 24.2 Å². The molecule has 0 fully saturated rings. The van der Waals surface area contributed by atoms with Gasteiger partial charge in [0.25, 0.3) is 11.8 Å². The monoisotopic (exact) mass is 305 g/mol. The van der Waals surface area contributed by atoms with Crippen molar-refractivity contribution in [3.63, 3.8) is 0 Å². The Bertz CT molecular complexity index is 603. The number of hydrogen-bond acceptors (Lipinski definition) is 5. The van der Waals surface area contributed by atoms with Crippen molar-refractivity contribution in [2.24, 2.45) is 0 Å². The molecule has 2 amide bonds. The van der Waals surface area contributed by atoms with E-state index in [2.05, 4.69) is 0 Å². The molecule has 118 valence electrons. The minimum atomic E-state index is -0.695. The van der Waals surface area contributed by atoms with E-state index in [0.29, 0.717) is 11.3 Å². The predicted octanol–water partition coefficient (Wildman–Crippen LogP) is 1.76. The van der Waals surface area contributed by atoms with Gasteiger partial charge in [0, 0.05) is 7.11 Å². The molecule has 1 aliphatic rings. The van der Waals surface area contributed by atoms with Crippen LogP contribution >= 0.6 is 0 Å². The van der Waals surface area contributed by atoms with Gasteiger partial charge in [0.15, 0.2) is 5.76 Å². The van der Waals surface area contributed by atoms with Gasteiger partial charge in [0.1, 0.15) is 5.75 Å². The summed E-state index contributed by atoms with van der Waals surface area (Å²) in [5.74, 6) is -1.08. The lowest BCUT2D eigenvalue weighted by Crippen LogP contribution is -2.34. The number of methoxy groups -OCH3 is 1. The number of rotatable bonds is 6. The standard InChI is InChI=1S/C16H19NO5/c1-10(2)22-12-6-4-11(5-7-12)13-14(18)16(20)17(15(13)19)8-9-21-3/h4-7,10,18H,8-9H2,1-3H3. The number of benzene rings is 1. The Morgan fingerprint density at radius 3 is 2.32 bits per heavy atom. The first kappa shape index (κ1) is 16.0. The molecule has 1 aliphatic heterocycles. The van der Waals surface area contributed by atoms with Crippen LogP contribution in [0.1, 0.15) is 19.4 Å². The summed E-state index contributed by atoms with van der Waals surface area (Å²) in [6.45, 7) is 4.15. The summed E-state index contributed by atoms with van der Waals surface area (Å²) in [6, 6.07) is 6.69. The van der Waals surface area contributed by atoms with Gasteiger partial charge in [-0.1, -0.05) is 12.1 Å². The van der Waals surface area contributed by atoms with E-state index >= 15 is 0 Å². The number of ether oxygens (including phenoxy) is 2. The highest BCUT2D eigenvalue weighted by Gasteiger charge is 2.38. The summed E-state index contributed by atoms with van der Waals surface area (Å²) in [5, 5.41) is 9.96. The third-order valence-electron chi connectivity index (χ3n) is 3.18. The largest absolute Gasteiger partial charge is 0.502 e. The second kappa shape index (κ2) is 6.62. The number of carbonyl (C=O) groups is 2. The van der Waals surface area contributed by atoms with Crippen LogP contribution in [0.25, 0.3) is 5.57 Å². The maximum absolute atomic E-state index is 12.3. The van der Waals surface area contributed by atoms with Gasteiger partial charge in [-0.15, -0.1) is 0 Å². The SMILES string of the molecule is COCCN1C(=O)C(O)=C(c2ccc(OC(C)C)cc2)C1=O. The number of nitrogens with zero attached hydrogens (tertiary/aromatic N) is 1. The van der Waals surface area contributed by atoms with E-state index in [-0.39, 0.29) is 24.8 Å². The first-order chi connectivity index (χ1) is 10.5. The van der Waals surface area contributed by atoms with Crippen molar-refractivity contribution in [3.8, 4) is 5.75 Å². The number of aliphatic hydroxyl groups excluding tert-OH is 1. The fraction of sp³-hybridized carbons (Fsp3) is 0.375. The van der Waals surface area contributed by atoms with E-state index in [1.165, 1.54) is 7.11 Å². The van der Waals surface area contributed by atoms with E-state index in [1.807, 2.05) is 13.8 Å². The van der Waals surface area contributed by atoms with Crippen LogP contribution in [0.3, 0.4) is 0 Å². The molecular weight excluding hydrogens is 286 g/mol. The molecule has 0 atom stereocenters. The molecule has 1 aromatic carbocycles. The van der Waals surface area contributed by atoms with Crippen molar-refractivity contribution in [1.82, 2.24) is 4.90 Å². The highest BCUT2D eigenvalue weighted by atomic mass is 16.5. The second-order valence-corrected chi connectivity index (χ2v) is 5.17. The van der Waals surface area contributed by atoms with Crippen molar-refractivity contribution >= 4 is 17.4 Å². The Balaban J connectivity index is 2.24. The third kappa shape index (κ3) is 3.12. The van der Waals surface area contributed by atoms with E-state index in [0.717, 1.165) is 4.90 Å². The number of amides is 2. The van der Waals surface area contributed by atoms with E-state index in [1.54, 1.807) is 24.3 Å². The van der Waals surface area contributed by atoms with E-state index in [4.69, 9.17) is 9.47 Å². The van der Waals surface area contributed by atoms with Crippen LogP contribution in [0.15, 0.2) is 30.0 Å². The maximum Gasteiger partial charge on any atom is 0.296 e. The summed E-state index contributed by atoms with van der Waals surface area (Å²) >= 11 is 0. The van der Waals surface area contributed by atoms with Gasteiger partial charge in [-0.05, 0) is 31.5 Å². The van der Waals surface area contributed by atoms with E-state index in [9.17, 15) is 14.7 Å². The first-order valence-corrected chi connectivity index (χ1v) is 7.01. The number of imide groups is 1. The Labute approximate surface area is 128 Å². The topological polar surface area (TPSA) is 76.1 Å². The normalized spacial score (nSPS) is 15.2. The van der Waals surface area contributed by atoms with Gasteiger partial charge in [-0.3, -0.25) is 14.5 Å². The lowest BCUT2D eigenvalue weighted by atomic mass is 10.1. The van der Waals surface area contributed by atoms with Crippen molar-refractivity contribution in [2.45, 2.75) is 20.0 Å². The summed E-state index contributed by atoms with van der Waals surface area (Å²) in [6.07, 6.45) is 0.0395. The fourth-order valence-corrected chi connectivity index (χ4v) is 2.18. The lowest BCUT2D eigenvalue weighted by molar-refractivity contribution is -0.138. The molecule has 0 aliphatic carbocycles. The molecule has 6 heteroatoms. The highest BCUT2D eigenvalue weighted by molar-refractivity contribution is 6.34. The Morgan fingerprint density at radius 1 is 1.14 bits per heavy atom. The minimum Gasteiger partial charge on any atom is -0.502 e. The Kier molecular flexibility index (Phi) is 4.82. The van der Waals surface area contributed by atoms with Crippen LogP contribution in [-0.2, 0) is 14.3 Å². The third-order valence-corrected chi connectivity index (χ3v) is 3.18. The number of hydrogen-bond donors (Lipinski definition) is 1. The lowest BCUT2D eigenvalue weighted by Gasteiger charge is -2.13. The quantitative estimate of drug-likeness (QED) is 0.810. The average molecular weight is 305 g/mol. The molecule has 22 heavy (non-hydrogen) atoms.